The molecule has 2 N–H and O–H groups in total. The molecule has 7 heteroatoms. The van der Waals surface area contributed by atoms with E-state index in [9.17, 15) is 0 Å². The molecule has 6 nitrogen and oxygen atoms in total. The standard InChI is InChI=1S/C22H35N5O.HI/c1-6-23-22(24-13-12-21-18(3)26-27(5)19(21)4)25-14-17(2)15-28-16-20-10-8-7-9-11-20;/h7-11,17H,6,12-16H2,1-5H3,(H2,23,24,25);1H. The van der Waals surface area contributed by atoms with Crippen molar-refractivity contribution >= 4 is 29.9 Å². The molecule has 0 aliphatic rings. The first kappa shape index (κ1) is 25.4. The fourth-order valence-corrected chi connectivity index (χ4v) is 3.08. The maximum Gasteiger partial charge on any atom is 0.191 e. The van der Waals surface area contributed by atoms with Gasteiger partial charge in [-0.3, -0.25) is 9.67 Å². The second-order valence-electron chi connectivity index (χ2n) is 7.28. The Morgan fingerprint density at radius 2 is 1.93 bits per heavy atom. The Bertz CT molecular complexity index is 745. The molecule has 0 saturated carbocycles. The van der Waals surface area contributed by atoms with E-state index in [1.54, 1.807) is 0 Å². The highest BCUT2D eigenvalue weighted by atomic mass is 127. The van der Waals surface area contributed by atoms with E-state index >= 15 is 0 Å². The lowest BCUT2D eigenvalue weighted by molar-refractivity contribution is 0.0945. The van der Waals surface area contributed by atoms with Gasteiger partial charge in [-0.25, -0.2) is 0 Å². The predicted octanol–water partition coefficient (Wildman–Crippen LogP) is 3.61. The summed E-state index contributed by atoms with van der Waals surface area (Å²) in [6.07, 6.45) is 0.936. The van der Waals surface area contributed by atoms with Crippen molar-refractivity contribution in [2.24, 2.45) is 18.0 Å². The lowest BCUT2D eigenvalue weighted by Gasteiger charge is -2.14. The first-order valence-electron chi connectivity index (χ1n) is 10.1. The van der Waals surface area contributed by atoms with Crippen LogP contribution in [0.4, 0.5) is 0 Å². The Morgan fingerprint density at radius 3 is 2.55 bits per heavy atom. The summed E-state index contributed by atoms with van der Waals surface area (Å²) in [5, 5.41) is 11.2. The Morgan fingerprint density at radius 1 is 1.21 bits per heavy atom. The quantitative estimate of drug-likeness (QED) is 0.290. The number of aliphatic imine (C=N–C) groups is 1. The summed E-state index contributed by atoms with van der Waals surface area (Å²) < 4.78 is 7.77. The monoisotopic (exact) mass is 513 g/mol. The van der Waals surface area contributed by atoms with E-state index in [4.69, 9.17) is 9.73 Å². The molecule has 0 aliphatic carbocycles. The van der Waals surface area contributed by atoms with E-state index in [1.807, 2.05) is 29.9 Å². The van der Waals surface area contributed by atoms with Gasteiger partial charge in [0, 0.05) is 32.4 Å². The first-order valence-corrected chi connectivity index (χ1v) is 10.1. The van der Waals surface area contributed by atoms with Crippen LogP contribution in [0.2, 0.25) is 0 Å². The molecule has 0 aliphatic heterocycles. The van der Waals surface area contributed by atoms with Crippen LogP contribution in [0, 0.1) is 19.8 Å². The Labute approximate surface area is 192 Å². The van der Waals surface area contributed by atoms with E-state index in [1.165, 1.54) is 16.8 Å². The van der Waals surface area contributed by atoms with E-state index in [0.29, 0.717) is 19.1 Å². The second kappa shape index (κ2) is 13.6. The number of nitrogens with zero attached hydrogens (tertiary/aromatic N) is 3. The molecule has 1 aromatic carbocycles. The number of aryl methyl sites for hydroxylation is 2. The number of benzene rings is 1. The van der Waals surface area contributed by atoms with Gasteiger partial charge in [0.05, 0.1) is 18.9 Å². The van der Waals surface area contributed by atoms with Crippen molar-refractivity contribution in [3.05, 3.63) is 52.8 Å². The second-order valence-corrected chi connectivity index (χ2v) is 7.28. The Hall–Kier alpha value is -1.61. The van der Waals surface area contributed by atoms with Crippen molar-refractivity contribution in [2.75, 3.05) is 26.2 Å². The highest BCUT2D eigenvalue weighted by molar-refractivity contribution is 14.0. The molecular formula is C22H36IN5O. The van der Waals surface area contributed by atoms with Gasteiger partial charge in [0.25, 0.3) is 0 Å². The third kappa shape index (κ3) is 8.74. The maximum atomic E-state index is 5.82. The molecule has 1 unspecified atom stereocenters. The molecular weight excluding hydrogens is 477 g/mol. The van der Waals surface area contributed by atoms with Crippen LogP contribution in [0.15, 0.2) is 35.3 Å². The van der Waals surface area contributed by atoms with Crippen molar-refractivity contribution in [3.8, 4) is 0 Å². The average Bonchev–Trinajstić information content (AvgIpc) is 2.93. The Kier molecular flexibility index (Phi) is 11.9. The van der Waals surface area contributed by atoms with Crippen molar-refractivity contribution < 1.29 is 4.74 Å². The normalized spacial score (nSPS) is 12.4. The van der Waals surface area contributed by atoms with Crippen LogP contribution in [-0.4, -0.2) is 42.0 Å². The molecule has 2 aromatic rings. The van der Waals surface area contributed by atoms with E-state index in [2.05, 4.69) is 55.6 Å². The number of hydrogen-bond donors (Lipinski definition) is 2. The molecule has 1 atom stereocenters. The molecule has 0 fully saturated rings. The van der Waals surface area contributed by atoms with Gasteiger partial charge in [-0.05, 0) is 44.2 Å². The molecule has 0 amide bonds. The van der Waals surface area contributed by atoms with Crippen LogP contribution >= 0.6 is 24.0 Å². The van der Waals surface area contributed by atoms with Crippen molar-refractivity contribution in [1.29, 1.82) is 0 Å². The predicted molar refractivity (Wildman–Crippen MR) is 131 cm³/mol. The molecule has 29 heavy (non-hydrogen) atoms. The van der Waals surface area contributed by atoms with Crippen molar-refractivity contribution in [1.82, 2.24) is 20.4 Å². The fraction of sp³-hybridized carbons (Fsp3) is 0.545. The van der Waals surface area contributed by atoms with Crippen LogP contribution in [0.3, 0.4) is 0 Å². The van der Waals surface area contributed by atoms with Crippen molar-refractivity contribution in [3.63, 3.8) is 0 Å². The van der Waals surface area contributed by atoms with Crippen molar-refractivity contribution in [2.45, 2.75) is 40.7 Å². The van der Waals surface area contributed by atoms with Crippen LogP contribution in [-0.2, 0) is 24.8 Å². The molecule has 162 valence electrons. The molecule has 2 rings (SSSR count). The molecule has 0 spiro atoms. The summed E-state index contributed by atoms with van der Waals surface area (Å²) >= 11 is 0. The van der Waals surface area contributed by atoms with Gasteiger partial charge < -0.3 is 15.4 Å². The minimum atomic E-state index is 0. The van der Waals surface area contributed by atoms with Gasteiger partial charge in [0.1, 0.15) is 0 Å². The SMILES string of the molecule is CCNC(=NCC(C)COCc1ccccc1)NCCc1c(C)nn(C)c1C.I. The topological polar surface area (TPSA) is 63.5 Å². The summed E-state index contributed by atoms with van der Waals surface area (Å²) in [6.45, 7) is 12.2. The summed E-state index contributed by atoms with van der Waals surface area (Å²) in [6, 6.07) is 10.3. The minimum absolute atomic E-state index is 0. The summed E-state index contributed by atoms with van der Waals surface area (Å²) in [5.41, 5.74) is 4.85. The van der Waals surface area contributed by atoms with Gasteiger partial charge in [0.15, 0.2) is 5.96 Å². The zero-order valence-electron chi connectivity index (χ0n) is 18.4. The van der Waals surface area contributed by atoms with Gasteiger partial charge >= 0.3 is 0 Å². The van der Waals surface area contributed by atoms with E-state index < -0.39 is 0 Å². The minimum Gasteiger partial charge on any atom is -0.376 e. The highest BCUT2D eigenvalue weighted by Gasteiger charge is 2.09. The van der Waals surface area contributed by atoms with E-state index in [0.717, 1.165) is 37.7 Å². The lowest BCUT2D eigenvalue weighted by atomic mass is 10.1. The molecule has 0 bridgehead atoms. The number of nitrogens with one attached hydrogen (secondary N) is 2. The van der Waals surface area contributed by atoms with E-state index in [-0.39, 0.29) is 24.0 Å². The average molecular weight is 513 g/mol. The Balaban J connectivity index is 0.00000420. The zero-order chi connectivity index (χ0) is 20.4. The number of aromatic nitrogens is 2. The van der Waals surface area contributed by atoms with Gasteiger partial charge in [0.2, 0.25) is 0 Å². The van der Waals surface area contributed by atoms with Gasteiger partial charge in [-0.1, -0.05) is 37.3 Å². The van der Waals surface area contributed by atoms with Gasteiger partial charge in [-0.2, -0.15) is 5.10 Å². The molecule has 0 saturated heterocycles. The number of halogens is 1. The smallest absolute Gasteiger partial charge is 0.191 e. The first-order chi connectivity index (χ1) is 13.5. The molecule has 1 aromatic heterocycles. The van der Waals surface area contributed by atoms with Crippen LogP contribution < -0.4 is 10.6 Å². The zero-order valence-corrected chi connectivity index (χ0v) is 20.7. The maximum absolute atomic E-state index is 5.82. The summed E-state index contributed by atoms with van der Waals surface area (Å²) in [7, 11) is 1.99. The fourth-order valence-electron chi connectivity index (χ4n) is 3.08. The van der Waals surface area contributed by atoms with Crippen LogP contribution in [0.5, 0.6) is 0 Å². The number of hydrogen-bond acceptors (Lipinski definition) is 3. The highest BCUT2D eigenvalue weighted by Crippen LogP contribution is 2.11. The number of rotatable bonds is 10. The third-order valence-corrected chi connectivity index (χ3v) is 4.75. The number of guanidine groups is 1. The lowest BCUT2D eigenvalue weighted by Crippen LogP contribution is -2.38. The third-order valence-electron chi connectivity index (χ3n) is 4.75. The number of ether oxygens (including phenoxy) is 1. The van der Waals surface area contributed by atoms with Crippen LogP contribution in [0.1, 0.15) is 36.4 Å². The van der Waals surface area contributed by atoms with Gasteiger partial charge in [-0.15, -0.1) is 24.0 Å². The van der Waals surface area contributed by atoms with Crippen LogP contribution in [0.25, 0.3) is 0 Å². The largest absolute Gasteiger partial charge is 0.376 e. The molecule has 1 heterocycles. The summed E-state index contributed by atoms with van der Waals surface area (Å²) in [4.78, 5) is 4.71. The summed E-state index contributed by atoms with van der Waals surface area (Å²) in [5.74, 6) is 1.22. The molecule has 0 radical (unpaired) electrons.